The van der Waals surface area contributed by atoms with Crippen molar-refractivity contribution in [1.82, 2.24) is 4.90 Å². The van der Waals surface area contributed by atoms with Gasteiger partial charge in [-0.3, -0.25) is 0 Å². The number of halogens is 5. The number of methoxy groups -OCH3 is 1. The van der Waals surface area contributed by atoms with Crippen LogP contribution in [0.15, 0.2) is 18.2 Å². The Kier molecular flexibility index (Phi) is 7.01. The summed E-state index contributed by atoms with van der Waals surface area (Å²) >= 11 is 0. The zero-order valence-electron chi connectivity index (χ0n) is 15.2. The molecule has 8 heteroatoms. The number of ether oxygens (including phenoxy) is 2. The van der Waals surface area contributed by atoms with E-state index in [1.165, 1.54) is 7.11 Å². The van der Waals surface area contributed by atoms with E-state index in [1.54, 1.807) is 12.1 Å². The second-order valence-corrected chi connectivity index (χ2v) is 6.24. The Labute approximate surface area is 154 Å². The summed E-state index contributed by atoms with van der Waals surface area (Å²) < 4.78 is 77.2. The van der Waals surface area contributed by atoms with Crippen molar-refractivity contribution in [3.63, 3.8) is 0 Å². The largest absolute Gasteiger partial charge is 0.496 e. The van der Waals surface area contributed by atoms with Crippen LogP contribution >= 0.6 is 0 Å². The van der Waals surface area contributed by atoms with Crippen LogP contribution in [-0.4, -0.2) is 32.6 Å². The molecule has 0 aliphatic rings. The van der Waals surface area contributed by atoms with E-state index in [1.807, 2.05) is 25.1 Å². The molecular weight excluding hydrogens is 369 g/mol. The Balaban J connectivity index is 2.22. The first kappa shape index (κ1) is 21.0. The molecule has 3 nitrogen and oxygen atoms in total. The summed E-state index contributed by atoms with van der Waals surface area (Å²) in [5.41, 5.74) is 1.37. The van der Waals surface area contributed by atoms with Crippen molar-refractivity contribution in [2.24, 2.45) is 0 Å². The van der Waals surface area contributed by atoms with E-state index in [9.17, 15) is 22.0 Å². The van der Waals surface area contributed by atoms with E-state index in [0.717, 1.165) is 24.9 Å². The van der Waals surface area contributed by atoms with E-state index >= 15 is 0 Å². The molecular formula is C19H20F5NO2. The van der Waals surface area contributed by atoms with Gasteiger partial charge in [0.05, 0.1) is 7.11 Å². The summed E-state index contributed by atoms with van der Waals surface area (Å²) in [6, 6.07) is 5.24. The minimum Gasteiger partial charge on any atom is -0.496 e. The van der Waals surface area contributed by atoms with Gasteiger partial charge in [-0.15, -0.1) is 0 Å². The average molecular weight is 389 g/mol. The van der Waals surface area contributed by atoms with Gasteiger partial charge in [-0.05, 0) is 51.2 Å². The standard InChI is InChI=1S/C19H20F5NO2/c1-25(2)8-4-5-11-6-7-13(26-3)12(9-11)10-27-19-17(23)15(21)14(20)16(22)18(19)24/h6-7,9H,4-5,8,10H2,1-3H3. The molecule has 2 aromatic rings. The van der Waals surface area contributed by atoms with Gasteiger partial charge in [-0.1, -0.05) is 6.07 Å². The van der Waals surface area contributed by atoms with Gasteiger partial charge >= 0.3 is 0 Å². The quantitative estimate of drug-likeness (QED) is 0.378. The van der Waals surface area contributed by atoms with Crippen molar-refractivity contribution < 1.29 is 31.4 Å². The van der Waals surface area contributed by atoms with Crippen molar-refractivity contribution in [2.45, 2.75) is 19.4 Å². The Morgan fingerprint density at radius 3 is 2.04 bits per heavy atom. The van der Waals surface area contributed by atoms with Crippen LogP contribution in [0.25, 0.3) is 0 Å². The Morgan fingerprint density at radius 2 is 1.48 bits per heavy atom. The molecule has 0 amide bonds. The lowest BCUT2D eigenvalue weighted by molar-refractivity contribution is 0.249. The topological polar surface area (TPSA) is 21.7 Å². The van der Waals surface area contributed by atoms with Crippen LogP contribution in [0.5, 0.6) is 11.5 Å². The fraction of sp³-hybridized carbons (Fsp3) is 0.368. The molecule has 0 N–H and O–H groups in total. The first-order chi connectivity index (χ1) is 12.8. The fourth-order valence-electron chi connectivity index (χ4n) is 2.56. The van der Waals surface area contributed by atoms with Crippen LogP contribution in [0.2, 0.25) is 0 Å². The van der Waals surface area contributed by atoms with Gasteiger partial charge in [0, 0.05) is 5.56 Å². The molecule has 0 saturated heterocycles. The normalized spacial score (nSPS) is 11.1. The van der Waals surface area contributed by atoms with Gasteiger partial charge in [-0.2, -0.15) is 8.78 Å². The lowest BCUT2D eigenvalue weighted by Crippen LogP contribution is -2.13. The summed E-state index contributed by atoms with van der Waals surface area (Å²) in [6.45, 7) is 0.464. The van der Waals surface area contributed by atoms with E-state index in [4.69, 9.17) is 9.47 Å². The second kappa shape index (κ2) is 9.03. The van der Waals surface area contributed by atoms with Gasteiger partial charge < -0.3 is 14.4 Å². The number of aryl methyl sites for hydroxylation is 1. The zero-order chi connectivity index (χ0) is 20.1. The van der Waals surface area contributed by atoms with E-state index < -0.39 is 41.4 Å². The van der Waals surface area contributed by atoms with Gasteiger partial charge in [0.15, 0.2) is 5.75 Å². The molecule has 148 valence electrons. The summed E-state index contributed by atoms with van der Waals surface area (Å²) in [4.78, 5) is 2.04. The molecule has 0 radical (unpaired) electrons. The molecule has 0 unspecified atom stereocenters. The van der Waals surface area contributed by atoms with Crippen LogP contribution in [0.4, 0.5) is 22.0 Å². The minimum absolute atomic E-state index is 0.384. The molecule has 27 heavy (non-hydrogen) atoms. The maximum Gasteiger partial charge on any atom is 0.207 e. The zero-order valence-corrected chi connectivity index (χ0v) is 15.2. The fourth-order valence-corrected chi connectivity index (χ4v) is 2.56. The Bertz CT molecular complexity index is 782. The van der Waals surface area contributed by atoms with Gasteiger partial charge in [0.1, 0.15) is 12.4 Å². The highest BCUT2D eigenvalue weighted by molar-refractivity contribution is 5.38. The maximum absolute atomic E-state index is 13.7. The SMILES string of the molecule is COc1ccc(CCCN(C)C)cc1COc1c(F)c(F)c(F)c(F)c1F. The highest BCUT2D eigenvalue weighted by Crippen LogP contribution is 2.31. The van der Waals surface area contributed by atoms with E-state index in [0.29, 0.717) is 11.3 Å². The highest BCUT2D eigenvalue weighted by atomic mass is 19.2. The van der Waals surface area contributed by atoms with Crippen LogP contribution < -0.4 is 9.47 Å². The Hall–Kier alpha value is -2.35. The number of rotatable bonds is 8. The van der Waals surface area contributed by atoms with Gasteiger partial charge in [-0.25, -0.2) is 13.2 Å². The van der Waals surface area contributed by atoms with Gasteiger partial charge in [0.25, 0.3) is 0 Å². The third kappa shape index (κ3) is 4.88. The lowest BCUT2D eigenvalue weighted by atomic mass is 10.1. The monoisotopic (exact) mass is 389 g/mol. The Morgan fingerprint density at radius 1 is 0.889 bits per heavy atom. The lowest BCUT2D eigenvalue weighted by Gasteiger charge is -2.14. The second-order valence-electron chi connectivity index (χ2n) is 6.24. The molecule has 0 aliphatic heterocycles. The molecule has 0 aliphatic carbocycles. The molecule has 0 spiro atoms. The summed E-state index contributed by atoms with van der Waals surface area (Å²) in [5, 5.41) is 0. The minimum atomic E-state index is -2.22. The van der Waals surface area contributed by atoms with Crippen molar-refractivity contribution in [2.75, 3.05) is 27.7 Å². The molecule has 0 atom stereocenters. The third-order valence-corrected chi connectivity index (χ3v) is 3.96. The van der Waals surface area contributed by atoms with E-state index in [-0.39, 0.29) is 0 Å². The summed E-state index contributed by atoms with van der Waals surface area (Å²) in [6.07, 6.45) is 1.63. The molecule has 2 rings (SSSR count). The number of benzene rings is 2. The predicted octanol–water partition coefficient (Wildman–Crippen LogP) is 4.46. The molecule has 0 bridgehead atoms. The third-order valence-electron chi connectivity index (χ3n) is 3.96. The molecule has 0 saturated carbocycles. The smallest absolute Gasteiger partial charge is 0.207 e. The molecule has 2 aromatic carbocycles. The average Bonchev–Trinajstić information content (AvgIpc) is 2.64. The maximum atomic E-state index is 13.7. The van der Waals surface area contributed by atoms with Crippen molar-refractivity contribution >= 4 is 0 Å². The number of nitrogens with zero attached hydrogens (tertiary/aromatic N) is 1. The number of hydrogen-bond donors (Lipinski definition) is 0. The number of hydrogen-bond acceptors (Lipinski definition) is 3. The molecule has 0 aromatic heterocycles. The van der Waals surface area contributed by atoms with Crippen molar-refractivity contribution in [1.29, 1.82) is 0 Å². The van der Waals surface area contributed by atoms with Crippen molar-refractivity contribution in [3.05, 3.63) is 58.4 Å². The highest BCUT2D eigenvalue weighted by Gasteiger charge is 2.27. The van der Waals surface area contributed by atoms with Crippen LogP contribution in [0.3, 0.4) is 0 Å². The van der Waals surface area contributed by atoms with Crippen LogP contribution in [-0.2, 0) is 13.0 Å². The molecule has 0 heterocycles. The van der Waals surface area contributed by atoms with Gasteiger partial charge in [0.2, 0.25) is 29.1 Å². The van der Waals surface area contributed by atoms with Crippen LogP contribution in [0, 0.1) is 29.1 Å². The summed E-state index contributed by atoms with van der Waals surface area (Å²) in [5.74, 6) is -11.3. The van der Waals surface area contributed by atoms with E-state index in [2.05, 4.69) is 0 Å². The van der Waals surface area contributed by atoms with Crippen LogP contribution in [0.1, 0.15) is 17.5 Å². The molecule has 0 fully saturated rings. The first-order valence-electron chi connectivity index (χ1n) is 8.21. The predicted molar refractivity (Wildman–Crippen MR) is 90.4 cm³/mol. The van der Waals surface area contributed by atoms with Crippen molar-refractivity contribution in [3.8, 4) is 11.5 Å². The summed E-state index contributed by atoms with van der Waals surface area (Å²) in [7, 11) is 5.32. The first-order valence-corrected chi connectivity index (χ1v) is 8.21.